The summed E-state index contributed by atoms with van der Waals surface area (Å²) in [7, 11) is 0. The Morgan fingerprint density at radius 3 is 2.94 bits per heavy atom. The Kier molecular flexibility index (Phi) is 1.87. The van der Waals surface area contributed by atoms with E-state index < -0.39 is 0 Å². The van der Waals surface area contributed by atoms with Crippen LogP contribution in [0.25, 0.3) is 0 Å². The number of nitrogens with two attached hydrogens (primary N) is 1. The number of fused-ring (bicyclic) bond motifs is 2. The average Bonchev–Trinajstić information content (AvgIpc) is 2.54. The van der Waals surface area contributed by atoms with Crippen molar-refractivity contribution >= 4 is 0 Å². The van der Waals surface area contributed by atoms with Crippen LogP contribution >= 0.6 is 0 Å². The van der Waals surface area contributed by atoms with E-state index in [2.05, 4.69) is 38.7 Å². The van der Waals surface area contributed by atoms with Crippen molar-refractivity contribution in [2.75, 3.05) is 0 Å². The Hall–Kier alpha value is -0.820. The Morgan fingerprint density at radius 2 is 2.19 bits per heavy atom. The van der Waals surface area contributed by atoms with Gasteiger partial charge in [-0.2, -0.15) is 0 Å². The molecule has 0 aromatic rings. The summed E-state index contributed by atoms with van der Waals surface area (Å²) in [5.74, 6) is 1.14. The predicted molar refractivity (Wildman–Crippen MR) is 67.9 cm³/mol. The largest absolute Gasteiger partial charge is 0.318 e. The van der Waals surface area contributed by atoms with Gasteiger partial charge in [0, 0.05) is 0 Å². The van der Waals surface area contributed by atoms with Crippen molar-refractivity contribution in [2.45, 2.75) is 38.6 Å². The zero-order valence-electron chi connectivity index (χ0n) is 10.3. The molecule has 0 aromatic heterocycles. The quantitative estimate of drug-likeness (QED) is 0.617. The standard InChI is InChI=1S/C15H21N/c1-10-7-14(3)4-5-15(16)8-12(11(10)2)6-13(15)9-14/h4-5,8,11,13H,1,6-7,9,16H2,2-3H3. The Bertz CT molecular complexity index is 417. The SMILES string of the molecule is C=C1CC2(C)C=CC3(N)C=C(CC3C2)C1C. The highest BCUT2D eigenvalue weighted by molar-refractivity contribution is 5.39. The van der Waals surface area contributed by atoms with Crippen LogP contribution in [-0.2, 0) is 0 Å². The normalized spacial score (nSPS) is 50.2. The zero-order chi connectivity index (χ0) is 11.6. The van der Waals surface area contributed by atoms with E-state index >= 15 is 0 Å². The van der Waals surface area contributed by atoms with E-state index in [4.69, 9.17) is 5.73 Å². The van der Waals surface area contributed by atoms with Crippen LogP contribution in [0.5, 0.6) is 0 Å². The number of rotatable bonds is 0. The second kappa shape index (κ2) is 2.89. The molecule has 86 valence electrons. The third kappa shape index (κ3) is 1.27. The molecule has 4 atom stereocenters. The van der Waals surface area contributed by atoms with Crippen LogP contribution in [0.1, 0.15) is 33.1 Å². The molecule has 3 aliphatic carbocycles. The summed E-state index contributed by atoms with van der Waals surface area (Å²) < 4.78 is 0. The van der Waals surface area contributed by atoms with Crippen LogP contribution in [0, 0.1) is 17.3 Å². The summed E-state index contributed by atoms with van der Waals surface area (Å²) in [5.41, 5.74) is 9.53. The molecule has 0 aromatic carbocycles. The van der Waals surface area contributed by atoms with E-state index in [0.29, 0.717) is 17.3 Å². The minimum atomic E-state index is -0.159. The van der Waals surface area contributed by atoms with Gasteiger partial charge in [0.1, 0.15) is 0 Å². The lowest BCUT2D eigenvalue weighted by Crippen LogP contribution is -2.45. The van der Waals surface area contributed by atoms with Gasteiger partial charge in [-0.3, -0.25) is 0 Å². The van der Waals surface area contributed by atoms with Crippen molar-refractivity contribution in [3.63, 3.8) is 0 Å². The van der Waals surface area contributed by atoms with Crippen molar-refractivity contribution in [1.29, 1.82) is 0 Å². The number of allylic oxidation sites excluding steroid dienone is 3. The maximum atomic E-state index is 6.49. The third-order valence-corrected chi connectivity index (χ3v) is 4.91. The highest BCUT2D eigenvalue weighted by atomic mass is 14.8. The first kappa shape index (κ1) is 10.3. The molecule has 0 radical (unpaired) electrons. The molecule has 1 fully saturated rings. The molecule has 0 saturated heterocycles. The van der Waals surface area contributed by atoms with Crippen molar-refractivity contribution in [1.82, 2.24) is 0 Å². The third-order valence-electron chi connectivity index (χ3n) is 4.91. The molecule has 3 aliphatic rings. The highest BCUT2D eigenvalue weighted by Gasteiger charge is 2.47. The van der Waals surface area contributed by atoms with E-state index in [9.17, 15) is 0 Å². The molecule has 3 rings (SSSR count). The van der Waals surface area contributed by atoms with Crippen LogP contribution in [0.3, 0.4) is 0 Å². The van der Waals surface area contributed by atoms with Gasteiger partial charge in [0.2, 0.25) is 0 Å². The summed E-state index contributed by atoms with van der Waals surface area (Å²) in [6.07, 6.45) is 10.4. The second-order valence-electron chi connectivity index (χ2n) is 6.37. The molecule has 1 saturated carbocycles. The molecule has 3 bridgehead atoms. The number of hydrogen-bond donors (Lipinski definition) is 1. The van der Waals surface area contributed by atoms with Crippen LogP contribution in [0.4, 0.5) is 0 Å². The molecule has 1 nitrogen and oxygen atoms in total. The topological polar surface area (TPSA) is 26.0 Å². The molecule has 0 spiro atoms. The van der Waals surface area contributed by atoms with Gasteiger partial charge in [-0.25, -0.2) is 0 Å². The molecule has 0 heterocycles. The molecule has 0 amide bonds. The van der Waals surface area contributed by atoms with E-state index in [1.807, 2.05) is 0 Å². The fraction of sp³-hybridized carbons (Fsp3) is 0.600. The molecule has 0 aliphatic heterocycles. The fourth-order valence-electron chi connectivity index (χ4n) is 3.74. The maximum absolute atomic E-state index is 6.49. The maximum Gasteiger partial charge on any atom is 0.0560 e. The predicted octanol–water partition coefficient (Wildman–Crippen LogP) is 3.19. The van der Waals surface area contributed by atoms with Crippen LogP contribution < -0.4 is 5.73 Å². The minimum absolute atomic E-state index is 0.159. The van der Waals surface area contributed by atoms with Crippen molar-refractivity contribution in [3.05, 3.63) is 36.0 Å². The molecule has 2 N–H and O–H groups in total. The minimum Gasteiger partial charge on any atom is -0.318 e. The highest BCUT2D eigenvalue weighted by Crippen LogP contribution is 2.53. The first-order valence-electron chi connectivity index (χ1n) is 6.30. The van der Waals surface area contributed by atoms with Gasteiger partial charge in [0.15, 0.2) is 0 Å². The van der Waals surface area contributed by atoms with Crippen LogP contribution in [0.2, 0.25) is 0 Å². The summed E-state index contributed by atoms with van der Waals surface area (Å²) in [6.45, 7) is 8.92. The van der Waals surface area contributed by atoms with Gasteiger partial charge >= 0.3 is 0 Å². The van der Waals surface area contributed by atoms with E-state index in [0.717, 1.165) is 6.42 Å². The van der Waals surface area contributed by atoms with Crippen molar-refractivity contribution < 1.29 is 0 Å². The van der Waals surface area contributed by atoms with E-state index in [-0.39, 0.29) is 5.54 Å². The zero-order valence-corrected chi connectivity index (χ0v) is 10.3. The average molecular weight is 215 g/mol. The first-order valence-corrected chi connectivity index (χ1v) is 6.30. The van der Waals surface area contributed by atoms with Gasteiger partial charge in [0.05, 0.1) is 5.54 Å². The Morgan fingerprint density at radius 1 is 1.44 bits per heavy atom. The van der Waals surface area contributed by atoms with Gasteiger partial charge in [-0.1, -0.05) is 49.8 Å². The molecule has 16 heavy (non-hydrogen) atoms. The van der Waals surface area contributed by atoms with Crippen molar-refractivity contribution in [2.24, 2.45) is 23.0 Å². The second-order valence-corrected chi connectivity index (χ2v) is 6.37. The van der Waals surface area contributed by atoms with Gasteiger partial charge in [-0.15, -0.1) is 0 Å². The lowest BCUT2D eigenvalue weighted by Gasteiger charge is -2.42. The summed E-state index contributed by atoms with van der Waals surface area (Å²) in [4.78, 5) is 0. The van der Waals surface area contributed by atoms with Crippen molar-refractivity contribution in [3.8, 4) is 0 Å². The molecular formula is C15H21N. The van der Waals surface area contributed by atoms with Crippen LogP contribution in [0.15, 0.2) is 36.0 Å². The monoisotopic (exact) mass is 215 g/mol. The van der Waals surface area contributed by atoms with Crippen LogP contribution in [-0.4, -0.2) is 5.54 Å². The first-order chi connectivity index (χ1) is 7.42. The summed E-state index contributed by atoms with van der Waals surface area (Å²) in [6, 6.07) is 0. The van der Waals surface area contributed by atoms with Gasteiger partial charge in [-0.05, 0) is 36.5 Å². The molecule has 1 heteroatoms. The molecular weight excluding hydrogens is 194 g/mol. The van der Waals surface area contributed by atoms with E-state index in [1.165, 1.54) is 24.0 Å². The summed E-state index contributed by atoms with van der Waals surface area (Å²) >= 11 is 0. The van der Waals surface area contributed by atoms with E-state index in [1.54, 1.807) is 0 Å². The number of hydrogen-bond acceptors (Lipinski definition) is 1. The lowest BCUT2D eigenvalue weighted by molar-refractivity contribution is 0.233. The lowest BCUT2D eigenvalue weighted by atomic mass is 9.64. The summed E-state index contributed by atoms with van der Waals surface area (Å²) in [5, 5.41) is 0. The van der Waals surface area contributed by atoms with Gasteiger partial charge in [0.25, 0.3) is 0 Å². The van der Waals surface area contributed by atoms with Gasteiger partial charge < -0.3 is 5.73 Å². The Labute approximate surface area is 98.1 Å². The fourth-order valence-corrected chi connectivity index (χ4v) is 3.74. The molecule has 4 unspecified atom stereocenters. The Balaban J connectivity index is 2.14. The smallest absolute Gasteiger partial charge is 0.0560 e.